The van der Waals surface area contributed by atoms with Crippen molar-refractivity contribution in [2.24, 2.45) is 0 Å². The van der Waals surface area contributed by atoms with E-state index in [0.29, 0.717) is 6.54 Å². The van der Waals surface area contributed by atoms with Crippen LogP contribution in [0.25, 0.3) is 0 Å². The summed E-state index contributed by atoms with van der Waals surface area (Å²) >= 11 is 0. The van der Waals surface area contributed by atoms with Crippen LogP contribution in [0, 0.1) is 0 Å². The molecule has 0 saturated heterocycles. The smallest absolute Gasteiger partial charge is 0.257 e. The van der Waals surface area contributed by atoms with Gasteiger partial charge in [0, 0.05) is 6.54 Å². The second kappa shape index (κ2) is 9.43. The number of rotatable bonds is 9. The second-order valence-electron chi connectivity index (χ2n) is 3.40. The van der Waals surface area contributed by atoms with Gasteiger partial charge in [-0.2, -0.15) is 0 Å². The molecule has 1 atom stereocenters. The van der Waals surface area contributed by atoms with Crippen LogP contribution >= 0.6 is 0 Å². The van der Waals surface area contributed by atoms with E-state index in [2.05, 4.69) is 16.4 Å². The summed E-state index contributed by atoms with van der Waals surface area (Å²) in [5.41, 5.74) is 0. The minimum atomic E-state index is -2.71. The second-order valence-corrected chi connectivity index (χ2v) is 4.06. The van der Waals surface area contributed by atoms with Gasteiger partial charge in [-0.1, -0.05) is 26.2 Å². The Labute approximate surface area is 88.2 Å². The molecule has 0 rings (SSSR count). The minimum absolute atomic E-state index is 0.262. The molecule has 0 aliphatic carbocycles. The third-order valence-electron chi connectivity index (χ3n) is 1.90. The van der Waals surface area contributed by atoms with E-state index in [1.807, 2.05) is 0 Å². The van der Waals surface area contributed by atoms with Gasteiger partial charge in [0.2, 0.25) is 0 Å². The van der Waals surface area contributed by atoms with Crippen molar-refractivity contribution in [3.8, 4) is 0 Å². The summed E-state index contributed by atoms with van der Waals surface area (Å²) in [6, 6.07) is 0. The SMILES string of the molecule is CCCCCCNCC(C)O[SH](=O)=O. The summed E-state index contributed by atoms with van der Waals surface area (Å²) in [5, 5.41) is 3.16. The monoisotopic (exact) mass is 223 g/mol. The Morgan fingerprint density at radius 1 is 1.29 bits per heavy atom. The first-order chi connectivity index (χ1) is 6.66. The molecular weight excluding hydrogens is 202 g/mol. The quantitative estimate of drug-likeness (QED) is 0.454. The van der Waals surface area contributed by atoms with Gasteiger partial charge < -0.3 is 5.32 Å². The van der Waals surface area contributed by atoms with Crippen LogP contribution in [-0.2, 0) is 15.2 Å². The van der Waals surface area contributed by atoms with Gasteiger partial charge in [-0.25, -0.2) is 8.42 Å². The van der Waals surface area contributed by atoms with E-state index < -0.39 is 11.0 Å². The van der Waals surface area contributed by atoms with Crippen molar-refractivity contribution < 1.29 is 12.6 Å². The number of hydrogen-bond acceptors (Lipinski definition) is 4. The topological polar surface area (TPSA) is 55.4 Å². The first-order valence-corrected chi connectivity index (χ1v) is 6.28. The Morgan fingerprint density at radius 3 is 2.57 bits per heavy atom. The lowest BCUT2D eigenvalue weighted by Crippen LogP contribution is -2.27. The van der Waals surface area contributed by atoms with Gasteiger partial charge in [0.15, 0.2) is 0 Å². The zero-order valence-electron chi connectivity index (χ0n) is 8.99. The molecule has 0 aromatic rings. The predicted molar refractivity (Wildman–Crippen MR) is 57.9 cm³/mol. The van der Waals surface area contributed by atoms with Gasteiger partial charge in [0.1, 0.15) is 0 Å². The molecule has 0 bridgehead atoms. The third kappa shape index (κ3) is 9.95. The average molecular weight is 223 g/mol. The molecular formula is C9H21NO3S. The highest BCUT2D eigenvalue weighted by molar-refractivity contribution is 7.67. The fraction of sp³-hybridized carbons (Fsp3) is 1.00. The molecule has 0 amide bonds. The molecule has 0 spiro atoms. The lowest BCUT2D eigenvalue weighted by atomic mass is 10.2. The summed E-state index contributed by atoms with van der Waals surface area (Å²) in [6.45, 7) is 5.44. The fourth-order valence-corrected chi connectivity index (χ4v) is 1.53. The third-order valence-corrected chi connectivity index (χ3v) is 2.44. The van der Waals surface area contributed by atoms with Crippen LogP contribution in [0.4, 0.5) is 0 Å². The maximum atomic E-state index is 10.2. The van der Waals surface area contributed by atoms with Crippen molar-refractivity contribution in [1.82, 2.24) is 5.32 Å². The molecule has 1 N–H and O–H groups in total. The fourth-order valence-electron chi connectivity index (χ4n) is 1.17. The van der Waals surface area contributed by atoms with E-state index in [1.54, 1.807) is 6.92 Å². The van der Waals surface area contributed by atoms with Crippen LogP contribution in [0.2, 0.25) is 0 Å². The van der Waals surface area contributed by atoms with Gasteiger partial charge in [-0.05, 0) is 19.9 Å². The Morgan fingerprint density at radius 2 is 2.00 bits per heavy atom. The average Bonchev–Trinajstić information content (AvgIpc) is 2.10. The molecule has 0 aliphatic heterocycles. The van der Waals surface area contributed by atoms with Crippen molar-refractivity contribution in [2.45, 2.75) is 45.6 Å². The summed E-state index contributed by atoms with van der Waals surface area (Å²) in [7, 11) is -2.71. The van der Waals surface area contributed by atoms with E-state index >= 15 is 0 Å². The Hall–Kier alpha value is -0.130. The molecule has 0 saturated carbocycles. The van der Waals surface area contributed by atoms with Crippen LogP contribution in [0.5, 0.6) is 0 Å². The highest BCUT2D eigenvalue weighted by Gasteiger charge is 2.01. The highest BCUT2D eigenvalue weighted by Crippen LogP contribution is 1.97. The summed E-state index contributed by atoms with van der Waals surface area (Å²) in [4.78, 5) is 0. The molecule has 1 unspecified atom stereocenters. The molecule has 0 heterocycles. The molecule has 4 nitrogen and oxygen atoms in total. The standard InChI is InChI=1S/C9H21NO3S/c1-3-4-5-6-7-10-8-9(2)13-14(11)12/h9-10,14H,3-8H2,1-2H3. The Kier molecular flexibility index (Phi) is 9.34. The van der Waals surface area contributed by atoms with Gasteiger partial charge in [-0.3, -0.25) is 4.18 Å². The molecule has 0 aromatic heterocycles. The van der Waals surface area contributed by atoms with Gasteiger partial charge in [0.25, 0.3) is 11.0 Å². The van der Waals surface area contributed by atoms with Gasteiger partial charge in [0.05, 0.1) is 6.10 Å². The van der Waals surface area contributed by atoms with Crippen LogP contribution in [0.1, 0.15) is 39.5 Å². The van der Waals surface area contributed by atoms with Crippen LogP contribution in [0.3, 0.4) is 0 Å². The molecule has 0 aromatic carbocycles. The van der Waals surface area contributed by atoms with Crippen LogP contribution in [0.15, 0.2) is 0 Å². The summed E-state index contributed by atoms with van der Waals surface area (Å²) in [6.07, 6.45) is 4.61. The normalized spacial score (nSPS) is 13.4. The largest absolute Gasteiger partial charge is 0.314 e. The maximum Gasteiger partial charge on any atom is 0.257 e. The van der Waals surface area contributed by atoms with Gasteiger partial charge >= 0.3 is 0 Å². The molecule has 14 heavy (non-hydrogen) atoms. The Bertz CT molecular complexity index is 186. The van der Waals surface area contributed by atoms with E-state index in [4.69, 9.17) is 0 Å². The van der Waals surface area contributed by atoms with Crippen LogP contribution < -0.4 is 5.32 Å². The van der Waals surface area contributed by atoms with Gasteiger partial charge in [-0.15, -0.1) is 0 Å². The lowest BCUT2D eigenvalue weighted by molar-refractivity contribution is 0.234. The summed E-state index contributed by atoms with van der Waals surface area (Å²) < 4.78 is 24.9. The number of unbranched alkanes of at least 4 members (excludes halogenated alkanes) is 3. The van der Waals surface area contributed by atoms with Crippen LogP contribution in [-0.4, -0.2) is 27.6 Å². The predicted octanol–water partition coefficient (Wildman–Crippen LogP) is 1.09. The van der Waals surface area contributed by atoms with Crippen molar-refractivity contribution in [2.75, 3.05) is 13.1 Å². The van der Waals surface area contributed by atoms with Crippen molar-refractivity contribution in [3.05, 3.63) is 0 Å². The lowest BCUT2D eigenvalue weighted by Gasteiger charge is -2.09. The molecule has 0 fully saturated rings. The van der Waals surface area contributed by atoms with E-state index in [0.717, 1.165) is 13.0 Å². The molecule has 86 valence electrons. The van der Waals surface area contributed by atoms with E-state index in [9.17, 15) is 8.42 Å². The van der Waals surface area contributed by atoms with Crippen molar-refractivity contribution in [3.63, 3.8) is 0 Å². The molecule has 5 heteroatoms. The van der Waals surface area contributed by atoms with E-state index in [1.165, 1.54) is 19.3 Å². The first-order valence-electron chi connectivity index (χ1n) is 5.18. The maximum absolute atomic E-state index is 10.2. The van der Waals surface area contributed by atoms with Crippen molar-refractivity contribution >= 4 is 11.0 Å². The van der Waals surface area contributed by atoms with Crippen molar-refractivity contribution in [1.29, 1.82) is 0 Å². The van der Waals surface area contributed by atoms with E-state index in [-0.39, 0.29) is 6.10 Å². The minimum Gasteiger partial charge on any atom is -0.314 e. The first kappa shape index (κ1) is 13.9. The molecule has 0 aliphatic rings. The molecule has 0 radical (unpaired) electrons. The number of hydrogen-bond donors (Lipinski definition) is 2. The highest BCUT2D eigenvalue weighted by atomic mass is 32.2. The number of thiol groups is 1. The zero-order valence-corrected chi connectivity index (χ0v) is 9.89. The zero-order chi connectivity index (χ0) is 10.8. The number of nitrogens with one attached hydrogen (secondary N) is 1. The Balaban J connectivity index is 3.18. The summed E-state index contributed by atoms with van der Waals surface area (Å²) in [5.74, 6) is 0.